The van der Waals surface area contributed by atoms with E-state index in [4.69, 9.17) is 0 Å². The van der Waals surface area contributed by atoms with Crippen LogP contribution in [-0.2, 0) is 5.41 Å². The highest BCUT2D eigenvalue weighted by Gasteiger charge is 2.37. The Bertz CT molecular complexity index is 1770. The van der Waals surface area contributed by atoms with Gasteiger partial charge < -0.3 is 4.57 Å². The number of nitrogens with zero attached hydrogens (tertiary/aromatic N) is 1. The Hall–Kier alpha value is -3.88. The molecule has 0 unspecified atom stereocenters. The highest BCUT2D eigenvalue weighted by Crippen LogP contribution is 2.48. The lowest BCUT2D eigenvalue weighted by Crippen LogP contribution is -2.53. The summed E-state index contributed by atoms with van der Waals surface area (Å²) in [6, 6.07) is 43.0. The molecule has 0 saturated carbocycles. The molecule has 1 aliphatic carbocycles. The van der Waals surface area contributed by atoms with Gasteiger partial charge in [0.25, 0.3) is 0 Å². The molecule has 7 rings (SSSR count). The third-order valence-electron chi connectivity index (χ3n) is 8.73. The maximum Gasteiger partial charge on any atom is 0.112 e. The zero-order valence-corrected chi connectivity index (χ0v) is 22.9. The van der Waals surface area contributed by atoms with Crippen LogP contribution in [0.15, 0.2) is 115 Å². The molecule has 6 aromatic rings. The molecule has 0 aliphatic heterocycles. The molecule has 0 fully saturated rings. The normalized spacial score (nSPS) is 14.2. The fraction of sp³-hybridized carbons (Fsp3) is 0.143. The number of aromatic nitrogens is 1. The summed E-state index contributed by atoms with van der Waals surface area (Å²) in [6.07, 6.45) is 0. The van der Waals surface area contributed by atoms with Crippen LogP contribution in [0.25, 0.3) is 38.6 Å². The smallest absolute Gasteiger partial charge is 0.112 e. The van der Waals surface area contributed by atoms with Gasteiger partial charge in [0.15, 0.2) is 0 Å². The molecule has 5 aromatic carbocycles. The van der Waals surface area contributed by atoms with Crippen LogP contribution in [0.5, 0.6) is 0 Å². The topological polar surface area (TPSA) is 4.93 Å². The Morgan fingerprint density at radius 3 is 1.76 bits per heavy atom. The molecule has 0 saturated heterocycles. The van der Waals surface area contributed by atoms with Gasteiger partial charge in [0, 0.05) is 21.9 Å². The summed E-state index contributed by atoms with van der Waals surface area (Å²) in [6.45, 7) is 9.71. The first-order valence-electron chi connectivity index (χ1n) is 13.2. The molecule has 1 aliphatic rings. The Morgan fingerprint density at radius 2 is 1.08 bits per heavy atom. The standard InChI is InChI=1S/C35H31NSi/c1-35(2)31-14-8-5-11-27(31)28-22-21-26(23-32(28)35)37(3,4)25-19-17-24(18-20-25)36-33-15-9-6-12-29(33)30-13-7-10-16-34(30)36/h5-23H,1-4H3. The fourth-order valence-corrected chi connectivity index (χ4v) is 8.83. The molecule has 2 heteroatoms. The largest absolute Gasteiger partial charge is 0.309 e. The summed E-state index contributed by atoms with van der Waals surface area (Å²) in [5.41, 5.74) is 9.47. The van der Waals surface area contributed by atoms with Gasteiger partial charge in [0.05, 0.1) is 11.0 Å². The summed E-state index contributed by atoms with van der Waals surface area (Å²) in [5.74, 6) is 0. The van der Waals surface area contributed by atoms with E-state index < -0.39 is 8.07 Å². The lowest BCUT2D eigenvalue weighted by molar-refractivity contribution is 0.661. The van der Waals surface area contributed by atoms with Crippen molar-refractivity contribution in [3.63, 3.8) is 0 Å². The molecular formula is C35H31NSi. The molecule has 1 heterocycles. The van der Waals surface area contributed by atoms with Gasteiger partial charge in [-0.1, -0.05) is 128 Å². The first-order chi connectivity index (χ1) is 17.9. The highest BCUT2D eigenvalue weighted by atomic mass is 28.3. The summed E-state index contributed by atoms with van der Waals surface area (Å²) >= 11 is 0. The van der Waals surface area contributed by atoms with Crippen molar-refractivity contribution in [3.05, 3.63) is 126 Å². The van der Waals surface area contributed by atoms with Crippen LogP contribution in [0, 0.1) is 0 Å². The van der Waals surface area contributed by atoms with E-state index in [1.54, 1.807) is 0 Å². The predicted molar refractivity (Wildman–Crippen MR) is 162 cm³/mol. The number of fused-ring (bicyclic) bond motifs is 6. The van der Waals surface area contributed by atoms with Crippen molar-refractivity contribution in [2.45, 2.75) is 32.4 Å². The van der Waals surface area contributed by atoms with Crippen LogP contribution >= 0.6 is 0 Å². The number of para-hydroxylation sites is 2. The van der Waals surface area contributed by atoms with Gasteiger partial charge in [-0.25, -0.2) is 0 Å². The van der Waals surface area contributed by atoms with Crippen LogP contribution in [0.1, 0.15) is 25.0 Å². The van der Waals surface area contributed by atoms with E-state index in [1.165, 1.54) is 60.1 Å². The maximum absolute atomic E-state index is 2.52. The van der Waals surface area contributed by atoms with Crippen molar-refractivity contribution in [3.8, 4) is 16.8 Å². The minimum atomic E-state index is -1.89. The Balaban J connectivity index is 1.31. The second kappa shape index (κ2) is 7.81. The summed E-state index contributed by atoms with van der Waals surface area (Å²) in [4.78, 5) is 0. The molecule has 0 spiro atoms. The Kier molecular flexibility index (Phi) is 4.71. The Labute approximate surface area is 220 Å². The van der Waals surface area contributed by atoms with Crippen LogP contribution in [0.3, 0.4) is 0 Å². The van der Waals surface area contributed by atoms with Crippen molar-refractivity contribution in [1.29, 1.82) is 0 Å². The van der Waals surface area contributed by atoms with E-state index >= 15 is 0 Å². The van der Waals surface area contributed by atoms with Crippen LogP contribution in [-0.4, -0.2) is 12.6 Å². The second-order valence-corrected chi connectivity index (χ2v) is 15.9. The first kappa shape index (κ1) is 22.3. The molecule has 1 aromatic heterocycles. The third kappa shape index (κ3) is 3.15. The minimum absolute atomic E-state index is 0.0345. The van der Waals surface area contributed by atoms with Gasteiger partial charge in [-0.15, -0.1) is 0 Å². The van der Waals surface area contributed by atoms with E-state index in [1.807, 2.05) is 0 Å². The zero-order valence-electron chi connectivity index (χ0n) is 21.9. The van der Waals surface area contributed by atoms with Gasteiger partial charge in [-0.2, -0.15) is 0 Å². The van der Waals surface area contributed by atoms with E-state index in [0.29, 0.717) is 0 Å². The van der Waals surface area contributed by atoms with Crippen LogP contribution < -0.4 is 10.4 Å². The van der Waals surface area contributed by atoms with Crippen LogP contribution in [0.2, 0.25) is 13.1 Å². The lowest BCUT2D eigenvalue weighted by Gasteiger charge is -2.27. The average Bonchev–Trinajstić information content (AvgIpc) is 3.38. The quantitative estimate of drug-likeness (QED) is 0.221. The fourth-order valence-electron chi connectivity index (χ4n) is 6.49. The summed E-state index contributed by atoms with van der Waals surface area (Å²) in [7, 11) is -1.89. The minimum Gasteiger partial charge on any atom is -0.309 e. The van der Waals surface area contributed by atoms with Gasteiger partial charge in [0.1, 0.15) is 8.07 Å². The van der Waals surface area contributed by atoms with Crippen LogP contribution in [0.4, 0.5) is 0 Å². The molecule has 37 heavy (non-hydrogen) atoms. The van der Waals surface area contributed by atoms with Crippen molar-refractivity contribution < 1.29 is 0 Å². The van der Waals surface area contributed by atoms with Gasteiger partial charge in [0.2, 0.25) is 0 Å². The third-order valence-corrected chi connectivity index (χ3v) is 12.3. The van der Waals surface area contributed by atoms with E-state index in [9.17, 15) is 0 Å². The van der Waals surface area contributed by atoms with Gasteiger partial charge in [-0.3, -0.25) is 0 Å². The monoisotopic (exact) mass is 493 g/mol. The number of hydrogen-bond acceptors (Lipinski definition) is 0. The summed E-state index contributed by atoms with van der Waals surface area (Å²) < 4.78 is 2.40. The predicted octanol–water partition coefficient (Wildman–Crippen LogP) is 7.91. The van der Waals surface area contributed by atoms with Crippen molar-refractivity contribution in [2.75, 3.05) is 0 Å². The summed E-state index contributed by atoms with van der Waals surface area (Å²) in [5, 5.41) is 5.57. The first-order valence-corrected chi connectivity index (χ1v) is 16.2. The molecule has 0 radical (unpaired) electrons. The van der Waals surface area contributed by atoms with E-state index in [2.05, 4.69) is 147 Å². The SMILES string of the molecule is CC1(C)c2ccccc2-c2ccc([Si](C)(C)c3ccc(-n4c5ccccc5c5ccccc54)cc3)cc21. The number of rotatable bonds is 3. The van der Waals surface area contributed by atoms with Gasteiger partial charge >= 0.3 is 0 Å². The Morgan fingerprint density at radius 1 is 0.541 bits per heavy atom. The molecule has 0 atom stereocenters. The second-order valence-electron chi connectivity index (χ2n) is 11.5. The van der Waals surface area contributed by atoms with Crippen molar-refractivity contribution in [2.24, 2.45) is 0 Å². The lowest BCUT2D eigenvalue weighted by atomic mass is 9.82. The van der Waals surface area contributed by atoms with E-state index in [-0.39, 0.29) is 5.41 Å². The number of benzene rings is 5. The molecule has 180 valence electrons. The maximum atomic E-state index is 2.52. The average molecular weight is 494 g/mol. The molecule has 0 N–H and O–H groups in total. The molecular weight excluding hydrogens is 462 g/mol. The van der Waals surface area contributed by atoms with Crippen molar-refractivity contribution in [1.82, 2.24) is 4.57 Å². The zero-order chi connectivity index (χ0) is 25.4. The number of hydrogen-bond donors (Lipinski definition) is 0. The van der Waals surface area contributed by atoms with Crippen molar-refractivity contribution >= 4 is 40.3 Å². The molecule has 1 nitrogen and oxygen atoms in total. The van der Waals surface area contributed by atoms with Gasteiger partial charge in [-0.05, 0) is 46.5 Å². The highest BCUT2D eigenvalue weighted by molar-refractivity contribution is 7.00. The molecule has 0 amide bonds. The molecule has 0 bridgehead atoms. The van der Waals surface area contributed by atoms with E-state index in [0.717, 1.165) is 0 Å².